The molecule has 1 saturated heterocycles. The van der Waals surface area contributed by atoms with Gasteiger partial charge in [0.15, 0.2) is 0 Å². The highest BCUT2D eigenvalue weighted by Crippen LogP contribution is 2.40. The smallest absolute Gasteiger partial charge is 0.295 e. The van der Waals surface area contributed by atoms with Crippen molar-refractivity contribution in [2.24, 2.45) is 0 Å². The highest BCUT2D eigenvalue weighted by atomic mass is 79.9. The zero-order valence-electron chi connectivity index (χ0n) is 21.1. The van der Waals surface area contributed by atoms with Gasteiger partial charge in [0, 0.05) is 16.6 Å². The summed E-state index contributed by atoms with van der Waals surface area (Å²) < 4.78 is 0.862. The number of unbranched alkanes of at least 4 members (excludes halogenated alkanes) is 2. The van der Waals surface area contributed by atoms with E-state index in [1.807, 2.05) is 43.3 Å². The second-order valence-electron chi connectivity index (χ2n) is 9.32. The Morgan fingerprint density at radius 3 is 2.20 bits per heavy atom. The lowest BCUT2D eigenvalue weighted by Gasteiger charge is -2.27. The maximum atomic E-state index is 13.2. The predicted octanol–water partition coefficient (Wildman–Crippen LogP) is 6.47. The van der Waals surface area contributed by atoms with Crippen molar-refractivity contribution >= 4 is 33.4 Å². The summed E-state index contributed by atoms with van der Waals surface area (Å²) in [5.74, 6) is -1.29. The standard InChI is InChI=1S/C29H37BrN2O3/c1-4-6-16-31(17-7-5-2)18-9-19-32-26(23-10-8-11-24(30)20-23)25(28(34)29(32)35)27(33)22-14-12-21(3)13-15-22/h8,10-15,20,26,33H,4-7,9,16-19H2,1-3H3. The molecule has 0 radical (unpaired) electrons. The topological polar surface area (TPSA) is 60.9 Å². The number of ketones is 1. The van der Waals surface area contributed by atoms with Crippen molar-refractivity contribution in [1.82, 2.24) is 9.80 Å². The summed E-state index contributed by atoms with van der Waals surface area (Å²) in [6, 6.07) is 14.4. The average Bonchev–Trinajstić information content (AvgIpc) is 3.10. The number of amides is 1. The van der Waals surface area contributed by atoms with Crippen molar-refractivity contribution in [3.63, 3.8) is 0 Å². The van der Waals surface area contributed by atoms with Crippen LogP contribution < -0.4 is 0 Å². The fourth-order valence-corrected chi connectivity index (χ4v) is 4.98. The summed E-state index contributed by atoms with van der Waals surface area (Å²) in [6.45, 7) is 9.81. The third kappa shape index (κ3) is 6.83. The summed E-state index contributed by atoms with van der Waals surface area (Å²) in [7, 11) is 0. The first-order valence-corrected chi connectivity index (χ1v) is 13.5. The molecule has 2 aromatic carbocycles. The Hall–Kier alpha value is -2.44. The Labute approximate surface area is 218 Å². The fraction of sp³-hybridized carbons (Fsp3) is 0.448. The molecule has 1 atom stereocenters. The monoisotopic (exact) mass is 540 g/mol. The lowest BCUT2D eigenvalue weighted by Crippen LogP contribution is -2.34. The summed E-state index contributed by atoms with van der Waals surface area (Å²) in [6.07, 6.45) is 5.39. The summed E-state index contributed by atoms with van der Waals surface area (Å²) in [5.41, 5.74) is 2.56. The number of halogens is 1. The lowest BCUT2D eigenvalue weighted by molar-refractivity contribution is -0.140. The van der Waals surface area contributed by atoms with E-state index in [9.17, 15) is 14.7 Å². The van der Waals surface area contributed by atoms with Crippen LogP contribution >= 0.6 is 15.9 Å². The number of aryl methyl sites for hydroxylation is 1. The van der Waals surface area contributed by atoms with Crippen LogP contribution in [0.15, 0.2) is 58.6 Å². The molecule has 2 aromatic rings. The summed E-state index contributed by atoms with van der Waals surface area (Å²) in [5, 5.41) is 11.2. The Kier molecular flexibility index (Phi) is 10.1. The predicted molar refractivity (Wildman–Crippen MR) is 145 cm³/mol. The van der Waals surface area contributed by atoms with Gasteiger partial charge in [-0.3, -0.25) is 9.59 Å². The Morgan fingerprint density at radius 2 is 1.60 bits per heavy atom. The molecule has 0 aromatic heterocycles. The molecular formula is C29H37BrN2O3. The van der Waals surface area contributed by atoms with E-state index < -0.39 is 17.7 Å². The highest BCUT2D eigenvalue weighted by Gasteiger charge is 2.45. The van der Waals surface area contributed by atoms with Gasteiger partial charge < -0.3 is 14.9 Å². The molecule has 3 rings (SSSR count). The first-order chi connectivity index (χ1) is 16.9. The van der Waals surface area contributed by atoms with Gasteiger partial charge in [-0.1, -0.05) is 84.6 Å². The third-order valence-electron chi connectivity index (χ3n) is 6.56. The van der Waals surface area contributed by atoms with Gasteiger partial charge in [-0.15, -0.1) is 0 Å². The SMILES string of the molecule is CCCCN(CCCC)CCCN1C(=O)C(=O)C(=C(O)c2ccc(C)cc2)C1c1cccc(Br)c1. The van der Waals surface area contributed by atoms with E-state index >= 15 is 0 Å². The maximum Gasteiger partial charge on any atom is 0.295 e. The third-order valence-corrected chi connectivity index (χ3v) is 7.05. The number of rotatable bonds is 12. The van der Waals surface area contributed by atoms with E-state index in [-0.39, 0.29) is 11.3 Å². The first kappa shape index (κ1) is 27.2. The van der Waals surface area contributed by atoms with E-state index in [2.05, 4.69) is 34.7 Å². The molecule has 35 heavy (non-hydrogen) atoms. The van der Waals surface area contributed by atoms with E-state index in [0.29, 0.717) is 12.1 Å². The minimum absolute atomic E-state index is 0.122. The number of carbonyl (C=O) groups excluding carboxylic acids is 2. The van der Waals surface area contributed by atoms with Crippen LogP contribution in [0.25, 0.3) is 5.76 Å². The maximum absolute atomic E-state index is 13.2. The van der Waals surface area contributed by atoms with Crippen molar-refractivity contribution in [1.29, 1.82) is 0 Å². The number of hydrogen-bond acceptors (Lipinski definition) is 4. The summed E-state index contributed by atoms with van der Waals surface area (Å²) in [4.78, 5) is 30.5. The van der Waals surface area contributed by atoms with Gasteiger partial charge in [-0.2, -0.15) is 0 Å². The number of carbonyl (C=O) groups is 2. The van der Waals surface area contributed by atoms with Crippen molar-refractivity contribution in [3.8, 4) is 0 Å². The average molecular weight is 542 g/mol. The van der Waals surface area contributed by atoms with Crippen molar-refractivity contribution < 1.29 is 14.7 Å². The minimum Gasteiger partial charge on any atom is -0.507 e. The van der Waals surface area contributed by atoms with Crippen molar-refractivity contribution in [2.75, 3.05) is 26.2 Å². The Bertz CT molecular complexity index is 1040. The van der Waals surface area contributed by atoms with Gasteiger partial charge in [0.05, 0.1) is 11.6 Å². The second-order valence-corrected chi connectivity index (χ2v) is 10.2. The number of aliphatic hydroxyl groups is 1. The van der Waals surface area contributed by atoms with E-state index in [4.69, 9.17) is 0 Å². The molecule has 1 amide bonds. The molecule has 188 valence electrons. The molecule has 1 aliphatic heterocycles. The van der Waals surface area contributed by atoms with Crippen LogP contribution in [0.1, 0.15) is 68.7 Å². The largest absolute Gasteiger partial charge is 0.507 e. The zero-order valence-corrected chi connectivity index (χ0v) is 22.7. The number of likely N-dealkylation sites (tertiary alicyclic amines) is 1. The van der Waals surface area contributed by atoms with Crippen molar-refractivity contribution in [2.45, 2.75) is 58.9 Å². The molecule has 1 heterocycles. The lowest BCUT2D eigenvalue weighted by atomic mass is 9.95. The molecular weight excluding hydrogens is 504 g/mol. The fourth-order valence-electron chi connectivity index (χ4n) is 4.56. The summed E-state index contributed by atoms with van der Waals surface area (Å²) >= 11 is 3.52. The van der Waals surface area contributed by atoms with E-state index in [1.165, 1.54) is 0 Å². The van der Waals surface area contributed by atoms with Gasteiger partial charge >= 0.3 is 0 Å². The molecule has 1 aliphatic rings. The zero-order chi connectivity index (χ0) is 25.4. The quantitative estimate of drug-likeness (QED) is 0.190. The number of nitrogens with zero attached hydrogens (tertiary/aromatic N) is 2. The first-order valence-electron chi connectivity index (χ1n) is 12.7. The molecule has 0 aliphatic carbocycles. The van der Waals surface area contributed by atoms with Crippen molar-refractivity contribution in [3.05, 3.63) is 75.3 Å². The number of benzene rings is 2. The van der Waals surface area contributed by atoms with Crippen LogP contribution in [0.2, 0.25) is 0 Å². The number of Topliss-reactive ketones (excluding diaryl/α,β-unsaturated/α-hetero) is 1. The van der Waals surface area contributed by atoms with Crippen LogP contribution in [0.5, 0.6) is 0 Å². The van der Waals surface area contributed by atoms with Gasteiger partial charge in [-0.05, 0) is 63.5 Å². The minimum atomic E-state index is -0.623. The number of aliphatic hydroxyl groups excluding tert-OH is 1. The molecule has 5 nitrogen and oxygen atoms in total. The Morgan fingerprint density at radius 1 is 0.971 bits per heavy atom. The molecule has 0 saturated carbocycles. The number of hydrogen-bond donors (Lipinski definition) is 1. The van der Waals surface area contributed by atoms with Crippen LogP contribution in [0.4, 0.5) is 0 Å². The second kappa shape index (κ2) is 13.0. The molecule has 6 heteroatoms. The normalized spacial score (nSPS) is 17.5. The Balaban J connectivity index is 1.91. The van der Waals surface area contributed by atoms with Crippen LogP contribution in [-0.2, 0) is 9.59 Å². The van der Waals surface area contributed by atoms with Gasteiger partial charge in [0.1, 0.15) is 5.76 Å². The van der Waals surface area contributed by atoms with Gasteiger partial charge in [-0.25, -0.2) is 0 Å². The highest BCUT2D eigenvalue weighted by molar-refractivity contribution is 9.10. The molecule has 0 spiro atoms. The van der Waals surface area contributed by atoms with Crippen LogP contribution in [-0.4, -0.2) is 52.8 Å². The van der Waals surface area contributed by atoms with E-state index in [1.54, 1.807) is 17.0 Å². The van der Waals surface area contributed by atoms with Gasteiger partial charge in [0.2, 0.25) is 0 Å². The molecule has 1 N–H and O–H groups in total. The van der Waals surface area contributed by atoms with Gasteiger partial charge in [0.25, 0.3) is 11.7 Å². The van der Waals surface area contributed by atoms with Crippen LogP contribution in [0.3, 0.4) is 0 Å². The van der Waals surface area contributed by atoms with Crippen LogP contribution in [0, 0.1) is 6.92 Å². The molecule has 1 fully saturated rings. The van der Waals surface area contributed by atoms with E-state index in [0.717, 1.165) is 67.3 Å². The molecule has 1 unspecified atom stereocenters. The molecule has 0 bridgehead atoms.